The molecule has 0 N–H and O–H groups in total. The van der Waals surface area contributed by atoms with E-state index < -0.39 is 12.0 Å². The van der Waals surface area contributed by atoms with E-state index in [2.05, 4.69) is 11.6 Å². The van der Waals surface area contributed by atoms with Gasteiger partial charge in [-0.3, -0.25) is 0 Å². The first-order chi connectivity index (χ1) is 8.27. The number of ether oxygens (including phenoxy) is 1. The number of hydrogen-bond acceptors (Lipinski definition) is 4. The maximum Gasteiger partial charge on any atom is 0.332 e. The minimum Gasteiger partial charge on any atom is -0.460 e. The third-order valence-electron chi connectivity index (χ3n) is 2.10. The maximum atomic E-state index is 11.6. The van der Waals surface area contributed by atoms with Gasteiger partial charge in [0, 0.05) is 6.42 Å². The first-order valence-electron chi connectivity index (χ1n) is 5.16. The highest BCUT2D eigenvalue weighted by molar-refractivity contribution is 5.77. The zero-order valence-electron chi connectivity index (χ0n) is 9.33. The number of esters is 1. The Kier molecular flexibility index (Phi) is 5.41. The molecular weight excluding hydrogens is 218 g/mol. The molecule has 0 bridgehead atoms. The molecule has 0 aromatic heterocycles. The zero-order chi connectivity index (χ0) is 12.5. The van der Waals surface area contributed by atoms with Crippen molar-refractivity contribution < 1.29 is 14.3 Å². The van der Waals surface area contributed by atoms with E-state index in [0.717, 1.165) is 5.56 Å². The molecule has 0 unspecified atom stereocenters. The summed E-state index contributed by atoms with van der Waals surface area (Å²) in [6.45, 7) is 3.55. The van der Waals surface area contributed by atoms with Crippen molar-refractivity contribution in [3.05, 3.63) is 48.6 Å². The van der Waals surface area contributed by atoms with Gasteiger partial charge in [0.15, 0.2) is 6.04 Å². The molecule has 17 heavy (non-hydrogen) atoms. The number of rotatable bonds is 6. The highest BCUT2D eigenvalue weighted by Gasteiger charge is 2.19. The number of hydrogen-bond donors (Lipinski definition) is 0. The topological polar surface area (TPSA) is 55.7 Å². The zero-order valence-corrected chi connectivity index (χ0v) is 9.33. The Morgan fingerprint density at radius 2 is 2.18 bits per heavy atom. The van der Waals surface area contributed by atoms with Crippen LogP contribution in [0.1, 0.15) is 5.56 Å². The number of nitrogens with zero attached hydrogens (tertiary/aromatic N) is 1. The average Bonchev–Trinajstić information content (AvgIpc) is 2.36. The lowest BCUT2D eigenvalue weighted by Gasteiger charge is -2.09. The second-order valence-corrected chi connectivity index (χ2v) is 3.34. The summed E-state index contributed by atoms with van der Waals surface area (Å²) in [7, 11) is 0. The summed E-state index contributed by atoms with van der Waals surface area (Å²) in [4.78, 5) is 25.3. The van der Waals surface area contributed by atoms with Crippen LogP contribution in [0.15, 0.2) is 48.0 Å². The summed E-state index contributed by atoms with van der Waals surface area (Å²) in [5.41, 5.74) is 0.909. The molecule has 0 amide bonds. The fourth-order valence-corrected chi connectivity index (χ4v) is 1.32. The van der Waals surface area contributed by atoms with E-state index in [9.17, 15) is 9.59 Å². The van der Waals surface area contributed by atoms with Crippen LogP contribution in [-0.4, -0.2) is 24.7 Å². The molecule has 1 rings (SSSR count). The Hall–Kier alpha value is -2.19. The third-order valence-corrected chi connectivity index (χ3v) is 2.10. The monoisotopic (exact) mass is 231 g/mol. The van der Waals surface area contributed by atoms with Gasteiger partial charge in [0.2, 0.25) is 6.08 Å². The van der Waals surface area contributed by atoms with Crippen molar-refractivity contribution in [2.45, 2.75) is 12.5 Å². The van der Waals surface area contributed by atoms with Crippen LogP contribution in [0.25, 0.3) is 0 Å². The van der Waals surface area contributed by atoms with Crippen LogP contribution in [0.2, 0.25) is 0 Å². The van der Waals surface area contributed by atoms with E-state index in [1.807, 2.05) is 30.3 Å². The second-order valence-electron chi connectivity index (χ2n) is 3.34. The molecule has 0 saturated carbocycles. The van der Waals surface area contributed by atoms with Crippen LogP contribution in [0.3, 0.4) is 0 Å². The van der Waals surface area contributed by atoms with E-state index in [0.29, 0.717) is 6.42 Å². The Morgan fingerprint density at radius 3 is 2.76 bits per heavy atom. The molecule has 0 aliphatic heterocycles. The van der Waals surface area contributed by atoms with E-state index >= 15 is 0 Å². The van der Waals surface area contributed by atoms with Crippen molar-refractivity contribution in [1.29, 1.82) is 0 Å². The van der Waals surface area contributed by atoms with Gasteiger partial charge < -0.3 is 4.74 Å². The van der Waals surface area contributed by atoms with Crippen molar-refractivity contribution >= 4 is 12.0 Å². The number of isocyanates is 1. The molecule has 1 aromatic rings. The summed E-state index contributed by atoms with van der Waals surface area (Å²) < 4.78 is 4.85. The van der Waals surface area contributed by atoms with Crippen molar-refractivity contribution in [3.8, 4) is 0 Å². The van der Waals surface area contributed by atoms with Crippen LogP contribution >= 0.6 is 0 Å². The molecule has 1 aromatic carbocycles. The Labute approximate surface area is 99.6 Å². The first kappa shape index (κ1) is 12.9. The summed E-state index contributed by atoms with van der Waals surface area (Å²) in [5, 5.41) is 0. The normalized spacial score (nSPS) is 11.1. The molecule has 0 aliphatic carbocycles. The summed E-state index contributed by atoms with van der Waals surface area (Å²) in [6.07, 6.45) is 3.18. The molecule has 0 spiro atoms. The number of carbonyl (C=O) groups excluding carboxylic acids is 2. The van der Waals surface area contributed by atoms with E-state index in [4.69, 9.17) is 4.74 Å². The fraction of sp³-hybridized carbons (Fsp3) is 0.231. The van der Waals surface area contributed by atoms with Gasteiger partial charge in [0.1, 0.15) is 6.61 Å². The Balaban J connectivity index is 2.69. The van der Waals surface area contributed by atoms with Gasteiger partial charge >= 0.3 is 5.97 Å². The quantitative estimate of drug-likeness (QED) is 0.324. The van der Waals surface area contributed by atoms with Crippen molar-refractivity contribution in [2.24, 2.45) is 4.99 Å². The van der Waals surface area contributed by atoms with Crippen LogP contribution in [-0.2, 0) is 20.7 Å². The first-order valence-corrected chi connectivity index (χ1v) is 5.16. The van der Waals surface area contributed by atoms with Crippen molar-refractivity contribution in [3.63, 3.8) is 0 Å². The van der Waals surface area contributed by atoms with Crippen LogP contribution in [0.4, 0.5) is 0 Å². The van der Waals surface area contributed by atoms with Gasteiger partial charge in [-0.2, -0.15) is 4.99 Å². The molecule has 4 nitrogen and oxygen atoms in total. The fourth-order valence-electron chi connectivity index (χ4n) is 1.32. The molecule has 88 valence electrons. The lowest BCUT2D eigenvalue weighted by molar-refractivity contribution is -0.143. The van der Waals surface area contributed by atoms with Crippen molar-refractivity contribution in [1.82, 2.24) is 0 Å². The molecule has 0 fully saturated rings. The van der Waals surface area contributed by atoms with Gasteiger partial charge in [0.05, 0.1) is 0 Å². The SMILES string of the molecule is C=CCOC(=O)[C@@H](Cc1ccccc1)N=C=O. The number of benzene rings is 1. The minimum absolute atomic E-state index is 0.110. The number of carbonyl (C=O) groups is 1. The van der Waals surface area contributed by atoms with E-state index in [-0.39, 0.29) is 6.61 Å². The average molecular weight is 231 g/mol. The Bertz CT molecular complexity index is 422. The predicted octanol–water partition coefficient (Wildman–Crippen LogP) is 1.66. The van der Waals surface area contributed by atoms with E-state index in [1.165, 1.54) is 12.2 Å². The standard InChI is InChI=1S/C13H13NO3/c1-2-8-17-13(16)12(14-10-15)9-11-6-4-3-5-7-11/h2-7,12H,1,8-9H2/t12-/m1/s1. The molecule has 1 atom stereocenters. The molecular formula is C13H13NO3. The van der Waals surface area contributed by atoms with Gasteiger partial charge in [-0.1, -0.05) is 43.0 Å². The largest absolute Gasteiger partial charge is 0.460 e. The molecule has 0 aliphatic rings. The second kappa shape index (κ2) is 7.14. The summed E-state index contributed by atoms with van der Waals surface area (Å²) in [6, 6.07) is 8.45. The lowest BCUT2D eigenvalue weighted by atomic mass is 10.1. The van der Waals surface area contributed by atoms with Gasteiger partial charge in [-0.05, 0) is 5.56 Å². The third kappa shape index (κ3) is 4.45. The summed E-state index contributed by atoms with van der Waals surface area (Å²) in [5.74, 6) is -0.544. The van der Waals surface area contributed by atoms with E-state index in [1.54, 1.807) is 0 Å². The maximum absolute atomic E-state index is 11.6. The molecule has 0 heterocycles. The Morgan fingerprint density at radius 1 is 1.47 bits per heavy atom. The molecule has 4 heteroatoms. The minimum atomic E-state index is -0.838. The summed E-state index contributed by atoms with van der Waals surface area (Å²) >= 11 is 0. The van der Waals surface area contributed by atoms with Crippen LogP contribution in [0.5, 0.6) is 0 Å². The smallest absolute Gasteiger partial charge is 0.332 e. The molecule has 0 saturated heterocycles. The predicted molar refractivity (Wildman–Crippen MR) is 63.2 cm³/mol. The van der Waals surface area contributed by atoms with Gasteiger partial charge in [0.25, 0.3) is 0 Å². The van der Waals surface area contributed by atoms with Gasteiger partial charge in [-0.15, -0.1) is 0 Å². The van der Waals surface area contributed by atoms with Crippen molar-refractivity contribution in [2.75, 3.05) is 6.61 Å². The van der Waals surface area contributed by atoms with Gasteiger partial charge in [-0.25, -0.2) is 9.59 Å². The highest BCUT2D eigenvalue weighted by Crippen LogP contribution is 2.07. The van der Waals surface area contributed by atoms with Crippen LogP contribution < -0.4 is 0 Å². The molecule has 0 radical (unpaired) electrons. The highest BCUT2D eigenvalue weighted by atomic mass is 16.5. The number of aliphatic imine (C=N–C) groups is 1. The lowest BCUT2D eigenvalue weighted by Crippen LogP contribution is -2.24. The van der Waals surface area contributed by atoms with Crippen LogP contribution in [0, 0.1) is 0 Å².